The van der Waals surface area contributed by atoms with Gasteiger partial charge in [0.05, 0.1) is 28.3 Å². The fraction of sp³-hybridized carbons (Fsp3) is 0.231. The minimum Gasteiger partial charge on any atom is -1.00 e. The normalized spacial score (nSPS) is 11.1. The lowest BCUT2D eigenvalue weighted by Crippen LogP contribution is -3.00. The van der Waals surface area contributed by atoms with Gasteiger partial charge in [-0.1, -0.05) is 23.7 Å². The van der Waals surface area contributed by atoms with Crippen molar-refractivity contribution >= 4 is 28.5 Å². The van der Waals surface area contributed by atoms with E-state index in [1.165, 1.54) is 12.1 Å². The molecule has 1 heterocycles. The highest BCUT2D eigenvalue weighted by Crippen LogP contribution is 2.36. The summed E-state index contributed by atoms with van der Waals surface area (Å²) in [4.78, 5) is 15.3. The largest absolute Gasteiger partial charge is 1.00 e. The molecule has 0 unspecified atom stereocenters. The van der Waals surface area contributed by atoms with Crippen LogP contribution in [0, 0.1) is 0 Å². The van der Waals surface area contributed by atoms with Gasteiger partial charge in [0.1, 0.15) is 0 Å². The van der Waals surface area contributed by atoms with Crippen LogP contribution in [0.4, 0.5) is 13.2 Å². The number of para-hydroxylation sites is 1. The maximum absolute atomic E-state index is 12.9. The van der Waals surface area contributed by atoms with E-state index in [4.69, 9.17) is 16.3 Å². The van der Waals surface area contributed by atoms with Gasteiger partial charge in [0.25, 0.3) is 0 Å². The van der Waals surface area contributed by atoms with Crippen molar-refractivity contribution in [2.45, 2.75) is 13.1 Å². The molecule has 8 heteroatoms. The van der Waals surface area contributed by atoms with Crippen molar-refractivity contribution in [3.8, 4) is 0 Å². The molecule has 0 saturated heterocycles. The van der Waals surface area contributed by atoms with Crippen LogP contribution in [0.2, 0.25) is 5.02 Å². The molecule has 0 N–H and O–H groups in total. The quantitative estimate of drug-likeness (QED) is 0.769. The number of benzene rings is 1. The number of fused-ring (bicyclic) bond motifs is 1. The van der Waals surface area contributed by atoms with Gasteiger partial charge in [0.15, 0.2) is 0 Å². The average Bonchev–Trinajstić information content (AvgIpc) is 2.37. The lowest BCUT2D eigenvalue weighted by Gasteiger charge is -2.11. The zero-order valence-corrected chi connectivity index (χ0v) is 12.2. The summed E-state index contributed by atoms with van der Waals surface area (Å²) in [5.74, 6) is -0.718. The van der Waals surface area contributed by atoms with Crippen molar-refractivity contribution in [1.29, 1.82) is 0 Å². The Morgan fingerprint density at radius 3 is 2.62 bits per heavy atom. The molecule has 0 fully saturated rings. The Morgan fingerprint density at radius 1 is 1.38 bits per heavy atom. The Balaban J connectivity index is 0.00000220. The number of alkyl halides is 3. The van der Waals surface area contributed by atoms with Crippen LogP contribution in [0.25, 0.3) is 10.9 Å². The van der Waals surface area contributed by atoms with E-state index < -0.39 is 17.7 Å². The molecule has 2 rings (SSSR count). The van der Waals surface area contributed by atoms with Gasteiger partial charge < -0.3 is 17.1 Å². The molecule has 1 aromatic heterocycles. The van der Waals surface area contributed by atoms with Crippen molar-refractivity contribution in [3.63, 3.8) is 0 Å². The molecule has 0 radical (unpaired) electrons. The van der Waals surface area contributed by atoms with Gasteiger partial charge in [-0.05, 0) is 13.0 Å². The first-order valence-electron chi connectivity index (χ1n) is 5.67. The fourth-order valence-corrected chi connectivity index (χ4v) is 2.05. The van der Waals surface area contributed by atoms with Gasteiger partial charge in [0, 0.05) is 11.6 Å². The van der Waals surface area contributed by atoms with Crippen LogP contribution in [0.5, 0.6) is 0 Å². The fourth-order valence-electron chi connectivity index (χ4n) is 1.77. The number of ether oxygens (including phenoxy) is 1. The summed E-state index contributed by atoms with van der Waals surface area (Å²) in [6, 6.07) is 3.51. The highest BCUT2D eigenvalue weighted by molar-refractivity contribution is 6.38. The molecule has 0 atom stereocenters. The molecule has 0 spiro atoms. The monoisotopic (exact) mass is 338 g/mol. The molecule has 3 nitrogen and oxygen atoms in total. The van der Waals surface area contributed by atoms with Crippen molar-refractivity contribution < 1.29 is 35.1 Å². The molecule has 0 bridgehead atoms. The van der Waals surface area contributed by atoms with Crippen LogP contribution in [0.1, 0.15) is 22.8 Å². The third kappa shape index (κ3) is 3.39. The number of rotatable bonds is 2. The van der Waals surface area contributed by atoms with E-state index in [9.17, 15) is 18.0 Å². The second kappa shape index (κ2) is 6.49. The van der Waals surface area contributed by atoms with Crippen LogP contribution >= 0.6 is 11.6 Å². The number of aromatic nitrogens is 1. The van der Waals surface area contributed by atoms with Crippen molar-refractivity contribution in [1.82, 2.24) is 4.98 Å². The lowest BCUT2D eigenvalue weighted by atomic mass is 10.1. The van der Waals surface area contributed by atoms with Crippen LogP contribution in [0.3, 0.4) is 0 Å². The molecule has 0 amide bonds. The molecule has 0 aliphatic carbocycles. The minimum absolute atomic E-state index is 0. The first kappa shape index (κ1) is 17.5. The van der Waals surface area contributed by atoms with E-state index in [1.807, 2.05) is 0 Å². The molecule has 0 aliphatic heterocycles. The van der Waals surface area contributed by atoms with E-state index in [0.29, 0.717) is 0 Å². The van der Waals surface area contributed by atoms with E-state index in [-0.39, 0.29) is 40.5 Å². The summed E-state index contributed by atoms with van der Waals surface area (Å²) in [6.07, 6.45) is -3.54. The van der Waals surface area contributed by atoms with E-state index >= 15 is 0 Å². The number of hydrogen-bond acceptors (Lipinski definition) is 3. The summed E-state index contributed by atoms with van der Waals surface area (Å²) >= 11 is 5.99. The Labute approximate surface area is 129 Å². The molecule has 0 saturated carbocycles. The topological polar surface area (TPSA) is 39.2 Å². The van der Waals surface area contributed by atoms with E-state index in [0.717, 1.165) is 12.3 Å². The van der Waals surface area contributed by atoms with Crippen LogP contribution in [-0.2, 0) is 10.9 Å². The van der Waals surface area contributed by atoms with E-state index in [2.05, 4.69) is 4.98 Å². The van der Waals surface area contributed by atoms with E-state index in [1.54, 1.807) is 6.92 Å². The third-order valence-corrected chi connectivity index (χ3v) is 3.04. The third-order valence-electron chi connectivity index (χ3n) is 2.63. The molecule has 2 aromatic rings. The highest BCUT2D eigenvalue weighted by Gasteiger charge is 2.33. The SMILES string of the molecule is CCOC(=O)c1cnc2c(C(F)(F)F)cccc2c1Cl.[Cl-]. The van der Waals surface area contributed by atoms with Gasteiger partial charge in [-0.25, -0.2) is 4.79 Å². The number of nitrogens with zero attached hydrogens (tertiary/aromatic N) is 1. The minimum atomic E-state index is -4.54. The van der Waals surface area contributed by atoms with Crippen LogP contribution in [0.15, 0.2) is 24.4 Å². The van der Waals surface area contributed by atoms with Gasteiger partial charge in [-0.15, -0.1) is 0 Å². The predicted molar refractivity (Wildman–Crippen MR) is 67.7 cm³/mol. The highest BCUT2D eigenvalue weighted by atomic mass is 35.5. The standard InChI is InChI=1S/C13H9ClF3NO2.ClH/c1-2-20-12(19)8-6-18-11-7(10(8)14)4-3-5-9(11)13(15,16)17;/h3-6H,2H2,1H3;1H/p-1. The summed E-state index contributed by atoms with van der Waals surface area (Å²) in [7, 11) is 0. The van der Waals surface area contributed by atoms with Crippen molar-refractivity contribution in [3.05, 3.63) is 40.5 Å². The number of carbonyl (C=O) groups is 1. The number of carbonyl (C=O) groups excluding carboxylic acids is 1. The maximum atomic E-state index is 12.9. The molecule has 21 heavy (non-hydrogen) atoms. The van der Waals surface area contributed by atoms with Gasteiger partial charge in [-0.3, -0.25) is 4.98 Å². The maximum Gasteiger partial charge on any atom is 0.418 e. The second-order valence-electron chi connectivity index (χ2n) is 3.91. The molecule has 0 aliphatic rings. The van der Waals surface area contributed by atoms with Gasteiger partial charge >= 0.3 is 12.1 Å². The van der Waals surface area contributed by atoms with Gasteiger partial charge in [0.2, 0.25) is 0 Å². The lowest BCUT2D eigenvalue weighted by molar-refractivity contribution is -0.136. The number of pyridine rings is 1. The zero-order chi connectivity index (χ0) is 14.9. The Kier molecular flexibility index (Phi) is 5.42. The molecular formula is C13H9Cl2F3NO2-. The number of esters is 1. The summed E-state index contributed by atoms with van der Waals surface area (Å²) in [5.41, 5.74) is -1.24. The molecule has 114 valence electrons. The van der Waals surface area contributed by atoms with Crippen molar-refractivity contribution in [2.75, 3.05) is 6.61 Å². The van der Waals surface area contributed by atoms with Crippen molar-refractivity contribution in [2.24, 2.45) is 0 Å². The molecular weight excluding hydrogens is 330 g/mol. The van der Waals surface area contributed by atoms with Gasteiger partial charge in [-0.2, -0.15) is 13.2 Å². The Hall–Kier alpha value is -1.53. The summed E-state index contributed by atoms with van der Waals surface area (Å²) in [5, 5.41) is -0.0356. The summed E-state index contributed by atoms with van der Waals surface area (Å²) in [6.45, 7) is 1.75. The van der Waals surface area contributed by atoms with Crippen LogP contribution < -0.4 is 12.4 Å². The number of halogens is 5. The first-order valence-corrected chi connectivity index (χ1v) is 6.05. The van der Waals surface area contributed by atoms with Crippen LogP contribution in [-0.4, -0.2) is 17.6 Å². The average molecular weight is 339 g/mol. The Bertz CT molecular complexity index is 674. The smallest absolute Gasteiger partial charge is 0.418 e. The first-order chi connectivity index (χ1) is 9.36. The predicted octanol–water partition coefficient (Wildman–Crippen LogP) is 1.09. The molecule has 1 aromatic carbocycles. The summed E-state index contributed by atoms with van der Waals surface area (Å²) < 4.78 is 43.3. The Morgan fingerprint density at radius 2 is 2.05 bits per heavy atom. The zero-order valence-electron chi connectivity index (χ0n) is 10.7. The second-order valence-corrected chi connectivity index (χ2v) is 4.28. The number of hydrogen-bond donors (Lipinski definition) is 0.